The molecule has 1 amide bonds. The van der Waals surface area contributed by atoms with Crippen LogP contribution < -0.4 is 9.64 Å². The van der Waals surface area contributed by atoms with E-state index in [0.29, 0.717) is 35.4 Å². The Balaban J connectivity index is 1.72. The minimum atomic E-state index is -0.156. The van der Waals surface area contributed by atoms with Crippen molar-refractivity contribution >= 4 is 44.2 Å². The molecule has 0 fully saturated rings. The van der Waals surface area contributed by atoms with Gasteiger partial charge in [0.25, 0.3) is 5.91 Å². The lowest BCUT2D eigenvalue weighted by Gasteiger charge is -2.20. The highest BCUT2D eigenvalue weighted by atomic mass is 35.5. The number of nitrogens with zero attached hydrogens (tertiary/aromatic N) is 4. The zero-order chi connectivity index (χ0) is 20.2. The normalized spacial score (nSPS) is 11.0. The van der Waals surface area contributed by atoms with Crippen molar-refractivity contribution in [3.05, 3.63) is 71.5 Å². The van der Waals surface area contributed by atoms with Gasteiger partial charge in [0.1, 0.15) is 11.3 Å². The van der Waals surface area contributed by atoms with Crippen LogP contribution in [0, 0.1) is 0 Å². The van der Waals surface area contributed by atoms with Gasteiger partial charge in [-0.1, -0.05) is 35.1 Å². The van der Waals surface area contributed by atoms with Crippen LogP contribution in [0.1, 0.15) is 17.3 Å². The Labute approximate surface area is 177 Å². The minimum Gasteiger partial charge on any atom is -0.492 e. The number of fused-ring (bicyclic) bond motifs is 1. The number of para-hydroxylation sites is 1. The number of aromatic nitrogens is 3. The van der Waals surface area contributed by atoms with Crippen LogP contribution in [0.4, 0.5) is 5.13 Å². The zero-order valence-electron chi connectivity index (χ0n) is 15.8. The molecule has 4 aromatic rings. The van der Waals surface area contributed by atoms with Crippen LogP contribution in [0.2, 0.25) is 5.02 Å². The van der Waals surface area contributed by atoms with E-state index in [4.69, 9.17) is 21.3 Å². The second kappa shape index (κ2) is 8.63. The Morgan fingerprint density at radius 1 is 1.24 bits per heavy atom. The summed E-state index contributed by atoms with van der Waals surface area (Å²) in [5.41, 5.74) is 1.28. The van der Waals surface area contributed by atoms with Gasteiger partial charge in [0.2, 0.25) is 0 Å². The number of thiazole rings is 1. The van der Waals surface area contributed by atoms with Gasteiger partial charge in [-0.2, -0.15) is 5.10 Å². The van der Waals surface area contributed by atoms with E-state index in [1.165, 1.54) is 11.3 Å². The molecular formula is C21H19ClN4O2S. The van der Waals surface area contributed by atoms with Crippen molar-refractivity contribution in [1.29, 1.82) is 0 Å². The lowest BCUT2D eigenvalue weighted by Crippen LogP contribution is -2.34. The predicted octanol–water partition coefficient (Wildman–Crippen LogP) is 4.89. The summed E-state index contributed by atoms with van der Waals surface area (Å²) in [6, 6.07) is 14.6. The van der Waals surface area contributed by atoms with E-state index in [1.54, 1.807) is 40.0 Å². The number of benzene rings is 2. The summed E-state index contributed by atoms with van der Waals surface area (Å²) in [7, 11) is 0. The average Bonchev–Trinajstić information content (AvgIpc) is 3.38. The van der Waals surface area contributed by atoms with E-state index in [2.05, 4.69) is 5.10 Å². The third-order valence-corrected chi connectivity index (χ3v) is 5.61. The van der Waals surface area contributed by atoms with Crippen LogP contribution in [0.15, 0.2) is 60.9 Å². The molecule has 8 heteroatoms. The molecular weight excluding hydrogens is 408 g/mol. The summed E-state index contributed by atoms with van der Waals surface area (Å²) < 4.78 is 8.46. The minimum absolute atomic E-state index is 0.156. The number of rotatable bonds is 7. The van der Waals surface area contributed by atoms with Gasteiger partial charge in [0, 0.05) is 29.5 Å². The van der Waals surface area contributed by atoms with E-state index >= 15 is 0 Å². The number of carbonyl (C=O) groups excluding carboxylic acids is 1. The average molecular weight is 427 g/mol. The summed E-state index contributed by atoms with van der Waals surface area (Å²) in [4.78, 5) is 19.7. The maximum atomic E-state index is 13.3. The van der Waals surface area contributed by atoms with Crippen LogP contribution >= 0.6 is 22.9 Å². The number of carbonyl (C=O) groups is 1. The number of hydrogen-bond donors (Lipinski definition) is 0. The first kappa shape index (κ1) is 19.4. The third-order valence-electron chi connectivity index (χ3n) is 4.33. The Morgan fingerprint density at radius 3 is 2.86 bits per heavy atom. The molecule has 0 saturated carbocycles. The number of anilines is 1. The molecule has 4 rings (SSSR count). The fourth-order valence-corrected chi connectivity index (χ4v) is 4.19. The van der Waals surface area contributed by atoms with Gasteiger partial charge < -0.3 is 4.74 Å². The zero-order valence-corrected chi connectivity index (χ0v) is 17.4. The summed E-state index contributed by atoms with van der Waals surface area (Å²) in [5.74, 6) is 0.561. The van der Waals surface area contributed by atoms with Gasteiger partial charge in [-0.25, -0.2) is 4.98 Å². The number of halogens is 1. The molecule has 2 aromatic heterocycles. The Kier molecular flexibility index (Phi) is 5.78. The summed E-state index contributed by atoms with van der Waals surface area (Å²) in [6.07, 6.45) is 3.59. The molecule has 0 aliphatic carbocycles. The molecule has 0 aliphatic rings. The lowest BCUT2D eigenvalue weighted by atomic mass is 10.2. The molecule has 2 aromatic carbocycles. The first-order valence-corrected chi connectivity index (χ1v) is 10.4. The van der Waals surface area contributed by atoms with Crippen LogP contribution in [-0.2, 0) is 6.54 Å². The standard InChI is InChI=1S/C21H19ClN4O2S/c1-2-28-17-8-4-9-18-19(17)24-21(29-18)26(13-12-25-11-5-10-23-25)20(27)15-6-3-7-16(22)14-15/h3-11,14H,2,12-13H2,1H3. The van der Waals surface area contributed by atoms with Gasteiger partial charge in [0.15, 0.2) is 5.13 Å². The van der Waals surface area contributed by atoms with Crippen LogP contribution in [0.5, 0.6) is 5.75 Å². The maximum absolute atomic E-state index is 13.3. The summed E-state index contributed by atoms with van der Waals surface area (Å²) >= 11 is 7.56. The highest BCUT2D eigenvalue weighted by molar-refractivity contribution is 7.22. The Hall–Kier alpha value is -2.90. The molecule has 0 bridgehead atoms. The molecule has 148 valence electrons. The molecule has 0 atom stereocenters. The fraction of sp³-hybridized carbons (Fsp3) is 0.190. The highest BCUT2D eigenvalue weighted by Crippen LogP contribution is 2.35. The molecule has 0 spiro atoms. The van der Waals surface area contributed by atoms with Crippen molar-refractivity contribution in [1.82, 2.24) is 14.8 Å². The van der Waals surface area contributed by atoms with Crippen LogP contribution in [0.25, 0.3) is 10.2 Å². The van der Waals surface area contributed by atoms with Crippen molar-refractivity contribution < 1.29 is 9.53 Å². The lowest BCUT2D eigenvalue weighted by molar-refractivity contribution is 0.0986. The summed E-state index contributed by atoms with van der Waals surface area (Å²) in [6.45, 7) is 3.46. The maximum Gasteiger partial charge on any atom is 0.260 e. The van der Waals surface area contributed by atoms with E-state index in [-0.39, 0.29) is 5.91 Å². The van der Waals surface area contributed by atoms with Crippen molar-refractivity contribution in [3.63, 3.8) is 0 Å². The molecule has 0 saturated heterocycles. The third kappa shape index (κ3) is 4.26. The molecule has 6 nitrogen and oxygen atoms in total. The second-order valence-corrected chi connectivity index (χ2v) is 7.71. The van der Waals surface area contributed by atoms with Crippen molar-refractivity contribution in [3.8, 4) is 5.75 Å². The molecule has 0 unspecified atom stereocenters. The molecule has 0 aliphatic heterocycles. The fourth-order valence-electron chi connectivity index (χ4n) is 3.00. The Morgan fingerprint density at radius 2 is 2.10 bits per heavy atom. The van der Waals surface area contributed by atoms with Gasteiger partial charge in [-0.3, -0.25) is 14.4 Å². The second-order valence-electron chi connectivity index (χ2n) is 6.27. The van der Waals surface area contributed by atoms with Gasteiger partial charge >= 0.3 is 0 Å². The predicted molar refractivity (Wildman–Crippen MR) is 116 cm³/mol. The van der Waals surface area contributed by atoms with Crippen molar-refractivity contribution in [2.24, 2.45) is 0 Å². The SMILES string of the molecule is CCOc1cccc2sc(N(CCn3cccn3)C(=O)c3cccc(Cl)c3)nc12. The first-order chi connectivity index (χ1) is 14.2. The van der Waals surface area contributed by atoms with Gasteiger partial charge in [0.05, 0.1) is 17.9 Å². The number of hydrogen-bond acceptors (Lipinski definition) is 5. The number of amides is 1. The van der Waals surface area contributed by atoms with Crippen LogP contribution in [0.3, 0.4) is 0 Å². The quantitative estimate of drug-likeness (QED) is 0.422. The van der Waals surface area contributed by atoms with E-state index in [9.17, 15) is 4.79 Å². The van der Waals surface area contributed by atoms with Gasteiger partial charge in [-0.15, -0.1) is 0 Å². The first-order valence-electron chi connectivity index (χ1n) is 9.23. The highest BCUT2D eigenvalue weighted by Gasteiger charge is 2.22. The molecule has 0 N–H and O–H groups in total. The number of ether oxygens (including phenoxy) is 1. The van der Waals surface area contributed by atoms with Crippen molar-refractivity contribution in [2.75, 3.05) is 18.1 Å². The Bertz CT molecular complexity index is 1130. The van der Waals surface area contributed by atoms with Gasteiger partial charge in [-0.05, 0) is 43.3 Å². The van der Waals surface area contributed by atoms with E-state index in [1.807, 2.05) is 37.4 Å². The molecule has 29 heavy (non-hydrogen) atoms. The smallest absolute Gasteiger partial charge is 0.260 e. The van der Waals surface area contributed by atoms with E-state index < -0.39 is 0 Å². The van der Waals surface area contributed by atoms with E-state index in [0.717, 1.165) is 16.0 Å². The monoisotopic (exact) mass is 426 g/mol. The summed E-state index contributed by atoms with van der Waals surface area (Å²) in [5, 5.41) is 5.36. The van der Waals surface area contributed by atoms with Crippen molar-refractivity contribution in [2.45, 2.75) is 13.5 Å². The topological polar surface area (TPSA) is 60.2 Å². The van der Waals surface area contributed by atoms with Crippen LogP contribution in [-0.4, -0.2) is 33.8 Å². The molecule has 2 heterocycles. The largest absolute Gasteiger partial charge is 0.492 e. The molecule has 0 radical (unpaired) electrons.